The molecule has 148 valence electrons. The van der Waals surface area contributed by atoms with Gasteiger partial charge in [-0.1, -0.05) is 0 Å². The summed E-state index contributed by atoms with van der Waals surface area (Å²) in [7, 11) is 2.92. The van der Waals surface area contributed by atoms with Crippen molar-refractivity contribution in [3.63, 3.8) is 0 Å². The molecule has 1 amide bonds. The number of piperidine rings is 2. The van der Waals surface area contributed by atoms with Gasteiger partial charge >= 0.3 is 5.97 Å². The van der Waals surface area contributed by atoms with E-state index in [1.807, 2.05) is 0 Å². The lowest BCUT2D eigenvalue weighted by atomic mass is 10.0. The monoisotopic (exact) mass is 376 g/mol. The summed E-state index contributed by atoms with van der Waals surface area (Å²) in [6, 6.07) is 4.68. The van der Waals surface area contributed by atoms with Crippen molar-refractivity contribution in [3.05, 3.63) is 23.8 Å². The fourth-order valence-corrected chi connectivity index (χ4v) is 3.72. The van der Waals surface area contributed by atoms with Crippen molar-refractivity contribution >= 4 is 11.9 Å². The Balaban J connectivity index is 1.77. The topological polar surface area (TPSA) is 77.1 Å². The van der Waals surface area contributed by atoms with Gasteiger partial charge in [-0.2, -0.15) is 0 Å². The van der Waals surface area contributed by atoms with Gasteiger partial charge in [0.15, 0.2) is 11.5 Å². The second-order valence-electron chi connectivity index (χ2n) is 6.99. The highest BCUT2D eigenvalue weighted by Gasteiger charge is 2.33. The number of methoxy groups -OCH3 is 2. The minimum Gasteiger partial charge on any atom is -0.493 e. The quantitative estimate of drug-likeness (QED) is 0.792. The van der Waals surface area contributed by atoms with E-state index in [1.165, 1.54) is 7.11 Å². The number of ether oxygens (including phenoxy) is 3. The highest BCUT2D eigenvalue weighted by atomic mass is 16.5. The van der Waals surface area contributed by atoms with Crippen molar-refractivity contribution in [2.75, 3.05) is 33.9 Å². The van der Waals surface area contributed by atoms with Crippen molar-refractivity contribution in [2.24, 2.45) is 0 Å². The summed E-state index contributed by atoms with van der Waals surface area (Å²) >= 11 is 0. The summed E-state index contributed by atoms with van der Waals surface area (Å²) < 4.78 is 16.4. The molecule has 27 heavy (non-hydrogen) atoms. The molecule has 1 aromatic carbocycles. The van der Waals surface area contributed by atoms with Gasteiger partial charge in [-0.05, 0) is 56.8 Å². The maximum Gasteiger partial charge on any atom is 0.328 e. The fraction of sp³-hybridized carbons (Fsp3) is 0.600. The summed E-state index contributed by atoms with van der Waals surface area (Å²) in [5, 5.41) is 3.32. The first-order valence-electron chi connectivity index (χ1n) is 9.58. The maximum atomic E-state index is 13.0. The molecule has 0 bridgehead atoms. The van der Waals surface area contributed by atoms with Crippen LogP contribution >= 0.6 is 0 Å². The molecule has 0 saturated carbocycles. The number of nitrogens with zero attached hydrogens (tertiary/aromatic N) is 1. The van der Waals surface area contributed by atoms with Gasteiger partial charge < -0.3 is 24.4 Å². The number of nitrogens with one attached hydrogen (secondary N) is 1. The van der Waals surface area contributed by atoms with Crippen molar-refractivity contribution in [1.82, 2.24) is 10.2 Å². The first-order chi connectivity index (χ1) is 13.1. The second kappa shape index (κ2) is 9.08. The Morgan fingerprint density at radius 2 is 1.96 bits per heavy atom. The number of hydrogen-bond donors (Lipinski definition) is 1. The van der Waals surface area contributed by atoms with E-state index in [9.17, 15) is 9.59 Å². The van der Waals surface area contributed by atoms with Gasteiger partial charge in [0.05, 0.1) is 14.2 Å². The van der Waals surface area contributed by atoms with Crippen LogP contribution in [0.1, 0.15) is 42.5 Å². The average molecular weight is 376 g/mol. The molecular formula is C20H28N2O5. The zero-order valence-corrected chi connectivity index (χ0v) is 16.0. The minimum absolute atomic E-state index is 0.0972. The van der Waals surface area contributed by atoms with Crippen LogP contribution in [-0.2, 0) is 9.53 Å². The Hall–Kier alpha value is -2.28. The molecule has 2 atom stereocenters. The zero-order valence-electron chi connectivity index (χ0n) is 16.0. The fourth-order valence-electron chi connectivity index (χ4n) is 3.72. The summed E-state index contributed by atoms with van der Waals surface area (Å²) in [4.78, 5) is 26.7. The lowest BCUT2D eigenvalue weighted by Crippen LogP contribution is -2.48. The van der Waals surface area contributed by atoms with E-state index in [1.54, 1.807) is 30.2 Å². The Morgan fingerprint density at radius 3 is 2.67 bits per heavy atom. The van der Waals surface area contributed by atoms with Crippen molar-refractivity contribution in [2.45, 2.75) is 44.2 Å². The van der Waals surface area contributed by atoms with Crippen molar-refractivity contribution in [3.8, 4) is 11.5 Å². The lowest BCUT2D eigenvalue weighted by Gasteiger charge is -2.34. The largest absolute Gasteiger partial charge is 0.493 e. The molecular weight excluding hydrogens is 348 g/mol. The van der Waals surface area contributed by atoms with Crippen LogP contribution in [0.3, 0.4) is 0 Å². The van der Waals surface area contributed by atoms with E-state index in [2.05, 4.69) is 5.32 Å². The first kappa shape index (κ1) is 19.5. The number of benzene rings is 1. The van der Waals surface area contributed by atoms with Gasteiger partial charge in [0, 0.05) is 18.7 Å². The second-order valence-corrected chi connectivity index (χ2v) is 6.99. The highest BCUT2D eigenvalue weighted by Crippen LogP contribution is 2.31. The van der Waals surface area contributed by atoms with Gasteiger partial charge in [-0.25, -0.2) is 4.79 Å². The van der Waals surface area contributed by atoms with Crippen LogP contribution in [0.2, 0.25) is 0 Å². The normalized spacial score (nSPS) is 22.8. The number of rotatable bonds is 5. The van der Waals surface area contributed by atoms with E-state index in [0.717, 1.165) is 38.8 Å². The maximum absolute atomic E-state index is 13.0. The van der Waals surface area contributed by atoms with Gasteiger partial charge in [-0.15, -0.1) is 0 Å². The van der Waals surface area contributed by atoms with E-state index in [-0.39, 0.29) is 18.0 Å². The Kier molecular flexibility index (Phi) is 6.55. The molecule has 2 unspecified atom stereocenters. The molecule has 2 aliphatic rings. The third-order valence-corrected chi connectivity index (χ3v) is 5.19. The molecule has 2 aliphatic heterocycles. The number of carbonyl (C=O) groups excluding carboxylic acids is 2. The molecule has 2 saturated heterocycles. The standard InChI is InChI=1S/C20H28N2O5/c1-25-18-12-14(8-9-17(18)27-15-6-5-10-21-13-15)19(23)22-11-4-3-7-16(22)20(24)26-2/h8-9,12,15-16,21H,3-7,10-11,13H2,1-2H3. The zero-order chi connectivity index (χ0) is 19.2. The predicted molar refractivity (Wildman–Crippen MR) is 100 cm³/mol. The number of carbonyl (C=O) groups is 2. The Labute approximate surface area is 160 Å². The van der Waals surface area contributed by atoms with Crippen molar-refractivity contribution in [1.29, 1.82) is 0 Å². The molecule has 0 radical (unpaired) electrons. The van der Waals surface area contributed by atoms with Crippen molar-refractivity contribution < 1.29 is 23.8 Å². The van der Waals surface area contributed by atoms with Gasteiger partial charge in [0.1, 0.15) is 12.1 Å². The van der Waals surface area contributed by atoms with Gasteiger partial charge in [0.2, 0.25) is 0 Å². The van der Waals surface area contributed by atoms with Crippen LogP contribution in [0, 0.1) is 0 Å². The number of esters is 1. The van der Waals surface area contributed by atoms with Crippen LogP contribution in [-0.4, -0.2) is 62.8 Å². The average Bonchev–Trinajstić information content (AvgIpc) is 2.73. The third kappa shape index (κ3) is 4.53. The third-order valence-electron chi connectivity index (χ3n) is 5.19. The number of amides is 1. The molecule has 7 nitrogen and oxygen atoms in total. The molecule has 2 heterocycles. The molecule has 1 N–H and O–H groups in total. The van der Waals surface area contributed by atoms with E-state index in [4.69, 9.17) is 14.2 Å². The Morgan fingerprint density at radius 1 is 1.11 bits per heavy atom. The SMILES string of the molecule is COC(=O)C1CCCCN1C(=O)c1ccc(OC2CCCNC2)c(OC)c1. The molecule has 7 heteroatoms. The molecule has 2 fully saturated rings. The van der Waals surface area contributed by atoms with Crippen LogP contribution < -0.4 is 14.8 Å². The van der Waals surface area contributed by atoms with Crippen LogP contribution in [0.5, 0.6) is 11.5 Å². The van der Waals surface area contributed by atoms with E-state index < -0.39 is 6.04 Å². The summed E-state index contributed by atoms with van der Waals surface area (Å²) in [5.74, 6) is 0.609. The summed E-state index contributed by atoms with van der Waals surface area (Å²) in [6.45, 7) is 2.37. The van der Waals surface area contributed by atoms with Crippen LogP contribution in [0.25, 0.3) is 0 Å². The molecule has 0 aromatic heterocycles. The molecule has 1 aromatic rings. The molecule has 0 spiro atoms. The number of likely N-dealkylation sites (tertiary alicyclic amines) is 1. The van der Waals surface area contributed by atoms with E-state index in [0.29, 0.717) is 30.0 Å². The van der Waals surface area contributed by atoms with Crippen LogP contribution in [0.15, 0.2) is 18.2 Å². The van der Waals surface area contributed by atoms with Crippen LogP contribution in [0.4, 0.5) is 0 Å². The predicted octanol–water partition coefficient (Wildman–Crippen LogP) is 1.99. The molecule has 0 aliphatic carbocycles. The number of hydrogen-bond acceptors (Lipinski definition) is 6. The summed E-state index contributed by atoms with van der Waals surface area (Å²) in [6.07, 6.45) is 4.59. The minimum atomic E-state index is -0.522. The van der Waals surface area contributed by atoms with Gasteiger partial charge in [0.25, 0.3) is 5.91 Å². The lowest BCUT2D eigenvalue weighted by molar-refractivity contribution is -0.147. The highest BCUT2D eigenvalue weighted by molar-refractivity contribution is 5.97. The summed E-state index contributed by atoms with van der Waals surface area (Å²) in [5.41, 5.74) is 0.483. The Bertz CT molecular complexity index is 672. The van der Waals surface area contributed by atoms with E-state index >= 15 is 0 Å². The first-order valence-corrected chi connectivity index (χ1v) is 9.58. The smallest absolute Gasteiger partial charge is 0.328 e. The van der Waals surface area contributed by atoms with Gasteiger partial charge in [-0.3, -0.25) is 4.79 Å². The molecule has 3 rings (SSSR count).